The number of anilines is 1. The second kappa shape index (κ2) is 4.57. The summed E-state index contributed by atoms with van der Waals surface area (Å²) in [4.78, 5) is 4.25. The molecule has 1 aromatic rings. The fraction of sp³-hybridized carbons (Fsp3) is 0.385. The molecule has 4 N–H and O–H groups in total. The average molecular weight is 230 g/mol. The van der Waals surface area contributed by atoms with E-state index in [1.165, 1.54) is 11.1 Å². The molecule has 1 aliphatic rings. The molecule has 17 heavy (non-hydrogen) atoms. The van der Waals surface area contributed by atoms with Crippen molar-refractivity contribution in [3.8, 4) is 0 Å². The third kappa shape index (κ3) is 2.16. The van der Waals surface area contributed by atoms with Gasteiger partial charge in [-0.3, -0.25) is 5.41 Å². The van der Waals surface area contributed by atoms with Crippen molar-refractivity contribution < 1.29 is 0 Å². The summed E-state index contributed by atoms with van der Waals surface area (Å²) in [6.07, 6.45) is 1.84. The molecule has 0 radical (unpaired) electrons. The smallest absolute Gasteiger partial charge is 0.142 e. The Morgan fingerprint density at radius 3 is 2.29 bits per heavy atom. The lowest BCUT2D eigenvalue weighted by atomic mass is 9.95. The highest BCUT2D eigenvalue weighted by Crippen LogP contribution is 2.22. The molecule has 0 spiro atoms. The summed E-state index contributed by atoms with van der Waals surface area (Å²) >= 11 is 0. The Kier molecular flexibility index (Phi) is 3.13. The second-order valence-corrected chi connectivity index (χ2v) is 4.18. The predicted molar refractivity (Wildman–Crippen MR) is 71.9 cm³/mol. The Balaban J connectivity index is 2.58. The van der Waals surface area contributed by atoms with Gasteiger partial charge in [0.25, 0.3) is 0 Å². The molecule has 0 amide bonds. The van der Waals surface area contributed by atoms with Crippen LogP contribution in [-0.2, 0) is 12.8 Å². The van der Waals surface area contributed by atoms with E-state index in [0.717, 1.165) is 29.9 Å². The SMILES string of the molecule is CCc1cc(N)cc(CC)c1C1=NC(=N)CN1. The molecule has 0 bridgehead atoms. The first kappa shape index (κ1) is 11.6. The van der Waals surface area contributed by atoms with Crippen LogP contribution >= 0.6 is 0 Å². The Labute approximate surface area is 101 Å². The van der Waals surface area contributed by atoms with Gasteiger partial charge in [0.1, 0.15) is 11.7 Å². The lowest BCUT2D eigenvalue weighted by Crippen LogP contribution is -2.23. The molecular weight excluding hydrogens is 212 g/mol. The van der Waals surface area contributed by atoms with Gasteiger partial charge in [0.2, 0.25) is 0 Å². The maximum Gasteiger partial charge on any atom is 0.142 e. The molecule has 4 heteroatoms. The Bertz CT molecular complexity index is 463. The van der Waals surface area contributed by atoms with Gasteiger partial charge in [-0.2, -0.15) is 0 Å². The van der Waals surface area contributed by atoms with Gasteiger partial charge in [0, 0.05) is 11.3 Å². The van der Waals surface area contributed by atoms with Gasteiger partial charge in [0.15, 0.2) is 0 Å². The monoisotopic (exact) mass is 230 g/mol. The number of nitrogens with two attached hydrogens (primary N) is 1. The van der Waals surface area contributed by atoms with Crippen LogP contribution in [0.4, 0.5) is 5.69 Å². The van der Waals surface area contributed by atoms with Crippen LogP contribution in [0.3, 0.4) is 0 Å². The van der Waals surface area contributed by atoms with Crippen molar-refractivity contribution in [3.05, 3.63) is 28.8 Å². The molecule has 90 valence electrons. The first-order valence-corrected chi connectivity index (χ1v) is 5.97. The number of hydrogen-bond donors (Lipinski definition) is 3. The van der Waals surface area contributed by atoms with Gasteiger partial charge in [-0.05, 0) is 36.1 Å². The molecule has 0 unspecified atom stereocenters. The minimum atomic E-state index is 0.390. The van der Waals surface area contributed by atoms with E-state index in [9.17, 15) is 0 Å². The Morgan fingerprint density at radius 1 is 1.29 bits per heavy atom. The van der Waals surface area contributed by atoms with Crippen LogP contribution in [0.5, 0.6) is 0 Å². The lowest BCUT2D eigenvalue weighted by molar-refractivity contribution is 1.05. The summed E-state index contributed by atoms with van der Waals surface area (Å²) in [6, 6.07) is 4.00. The average Bonchev–Trinajstić information content (AvgIpc) is 2.74. The van der Waals surface area contributed by atoms with E-state index in [1.54, 1.807) is 0 Å². The number of aryl methyl sites for hydroxylation is 2. The highest BCUT2D eigenvalue weighted by atomic mass is 15.1. The van der Waals surface area contributed by atoms with Crippen LogP contribution in [0.15, 0.2) is 17.1 Å². The fourth-order valence-electron chi connectivity index (χ4n) is 2.18. The molecule has 1 aromatic carbocycles. The highest BCUT2D eigenvalue weighted by molar-refractivity contribution is 6.12. The third-order valence-corrected chi connectivity index (χ3v) is 2.99. The van der Waals surface area contributed by atoms with Crippen molar-refractivity contribution in [1.29, 1.82) is 5.41 Å². The molecule has 1 aliphatic heterocycles. The minimum absolute atomic E-state index is 0.390. The highest BCUT2D eigenvalue weighted by Gasteiger charge is 2.18. The van der Waals surface area contributed by atoms with Gasteiger partial charge >= 0.3 is 0 Å². The van der Waals surface area contributed by atoms with Gasteiger partial charge < -0.3 is 11.1 Å². The van der Waals surface area contributed by atoms with Crippen molar-refractivity contribution >= 4 is 17.4 Å². The Morgan fingerprint density at radius 2 is 1.88 bits per heavy atom. The zero-order valence-electron chi connectivity index (χ0n) is 10.3. The van der Waals surface area contributed by atoms with Crippen LogP contribution in [0.2, 0.25) is 0 Å². The molecule has 0 fully saturated rings. The standard InChI is InChI=1S/C13H18N4/c1-3-8-5-10(14)6-9(4-2)12(8)13-16-7-11(15)17-13/h5-6H,3-4,7,14H2,1-2H3,(H2,15,16,17). The third-order valence-electron chi connectivity index (χ3n) is 2.99. The quantitative estimate of drug-likeness (QED) is 0.692. The van der Waals surface area contributed by atoms with E-state index in [0.29, 0.717) is 12.4 Å². The summed E-state index contributed by atoms with van der Waals surface area (Å²) in [5.41, 5.74) is 10.2. The van der Waals surface area contributed by atoms with E-state index < -0.39 is 0 Å². The number of aliphatic imine (C=N–C) groups is 1. The summed E-state index contributed by atoms with van der Waals surface area (Å²) in [5, 5.41) is 10.7. The molecule has 0 saturated carbocycles. The molecule has 0 aliphatic carbocycles. The Hall–Kier alpha value is -1.84. The van der Waals surface area contributed by atoms with E-state index in [2.05, 4.69) is 24.2 Å². The first-order valence-electron chi connectivity index (χ1n) is 5.97. The van der Waals surface area contributed by atoms with E-state index in [4.69, 9.17) is 11.1 Å². The largest absolute Gasteiger partial charge is 0.399 e. The van der Waals surface area contributed by atoms with Crippen molar-refractivity contribution in [2.45, 2.75) is 26.7 Å². The van der Waals surface area contributed by atoms with Crippen molar-refractivity contribution in [2.75, 3.05) is 12.3 Å². The lowest BCUT2D eigenvalue weighted by Gasteiger charge is -2.14. The van der Waals surface area contributed by atoms with Crippen molar-refractivity contribution in [3.63, 3.8) is 0 Å². The van der Waals surface area contributed by atoms with Crippen LogP contribution < -0.4 is 11.1 Å². The molecule has 2 rings (SSSR count). The van der Waals surface area contributed by atoms with Crippen LogP contribution in [-0.4, -0.2) is 18.2 Å². The number of nitrogens with one attached hydrogen (secondary N) is 2. The van der Waals surface area contributed by atoms with Gasteiger partial charge in [-0.15, -0.1) is 0 Å². The first-order chi connectivity index (χ1) is 8.15. The number of amidine groups is 2. The molecule has 1 heterocycles. The molecule has 0 atom stereocenters. The van der Waals surface area contributed by atoms with Crippen molar-refractivity contribution in [2.24, 2.45) is 4.99 Å². The normalized spacial score (nSPS) is 14.7. The van der Waals surface area contributed by atoms with Crippen LogP contribution in [0.25, 0.3) is 0 Å². The van der Waals surface area contributed by atoms with E-state index >= 15 is 0 Å². The van der Waals surface area contributed by atoms with E-state index in [1.807, 2.05) is 12.1 Å². The molecule has 4 nitrogen and oxygen atoms in total. The van der Waals surface area contributed by atoms with Gasteiger partial charge in [-0.25, -0.2) is 4.99 Å². The summed E-state index contributed by atoms with van der Waals surface area (Å²) < 4.78 is 0. The van der Waals surface area contributed by atoms with Crippen LogP contribution in [0.1, 0.15) is 30.5 Å². The molecular formula is C13H18N4. The predicted octanol–water partition coefficient (Wildman–Crippen LogP) is 1.72. The second-order valence-electron chi connectivity index (χ2n) is 4.18. The van der Waals surface area contributed by atoms with Gasteiger partial charge in [-0.1, -0.05) is 13.8 Å². The minimum Gasteiger partial charge on any atom is -0.399 e. The van der Waals surface area contributed by atoms with Gasteiger partial charge in [0.05, 0.1) is 6.54 Å². The summed E-state index contributed by atoms with van der Waals surface area (Å²) in [6.45, 7) is 4.74. The number of benzene rings is 1. The number of nitrogens with zero attached hydrogens (tertiary/aromatic N) is 1. The number of hydrogen-bond acceptors (Lipinski definition) is 3. The maximum absolute atomic E-state index is 7.55. The fourth-order valence-corrected chi connectivity index (χ4v) is 2.18. The topological polar surface area (TPSA) is 74.3 Å². The number of nitrogen functional groups attached to an aromatic ring is 1. The number of rotatable bonds is 3. The summed E-state index contributed by atoms with van der Waals surface area (Å²) in [7, 11) is 0. The summed E-state index contributed by atoms with van der Waals surface area (Å²) in [5.74, 6) is 1.21. The zero-order valence-corrected chi connectivity index (χ0v) is 10.3. The molecule has 0 saturated heterocycles. The van der Waals surface area contributed by atoms with Crippen molar-refractivity contribution in [1.82, 2.24) is 5.32 Å². The zero-order chi connectivity index (χ0) is 12.4. The van der Waals surface area contributed by atoms with Crippen LogP contribution in [0, 0.1) is 5.41 Å². The maximum atomic E-state index is 7.55. The molecule has 0 aromatic heterocycles. The van der Waals surface area contributed by atoms with E-state index in [-0.39, 0.29) is 0 Å².